The van der Waals surface area contributed by atoms with Crippen LogP contribution in [0.4, 0.5) is 5.69 Å². The first-order chi connectivity index (χ1) is 11.1. The Morgan fingerprint density at radius 1 is 1.39 bits per heavy atom. The molecule has 0 radical (unpaired) electrons. The minimum Gasteiger partial charge on any atom is -0.381 e. The van der Waals surface area contributed by atoms with E-state index in [1.165, 1.54) is 18.2 Å². The number of carbonyl (C=O) groups is 1. The van der Waals surface area contributed by atoms with Gasteiger partial charge in [0.15, 0.2) is 0 Å². The standard InChI is InChI=1S/C17H20N2O4/c20-17(7-4-13-2-1-3-16(10-13)19(21)22)18(15-5-6-15)11-14-8-9-23-12-14/h1-4,7,10,14-15H,5-6,8-9,11-12H2/b7-4-/t14-/m0/s1. The fourth-order valence-electron chi connectivity index (χ4n) is 2.82. The van der Waals surface area contributed by atoms with Crippen molar-refractivity contribution < 1.29 is 14.5 Å². The van der Waals surface area contributed by atoms with Gasteiger partial charge in [-0.3, -0.25) is 14.9 Å². The van der Waals surface area contributed by atoms with Crippen LogP contribution in [0.5, 0.6) is 0 Å². The molecule has 1 aliphatic heterocycles. The normalized spacial score (nSPS) is 20.8. The molecule has 2 fully saturated rings. The molecule has 1 saturated carbocycles. The lowest BCUT2D eigenvalue weighted by molar-refractivity contribution is -0.384. The quantitative estimate of drug-likeness (QED) is 0.459. The van der Waals surface area contributed by atoms with E-state index in [1.807, 2.05) is 4.90 Å². The fourth-order valence-corrected chi connectivity index (χ4v) is 2.82. The predicted octanol–water partition coefficient (Wildman–Crippen LogP) is 2.64. The number of carbonyl (C=O) groups excluding carboxylic acids is 1. The van der Waals surface area contributed by atoms with Crippen molar-refractivity contribution >= 4 is 17.7 Å². The highest BCUT2D eigenvalue weighted by Gasteiger charge is 2.33. The Hall–Kier alpha value is -2.21. The van der Waals surface area contributed by atoms with Crippen molar-refractivity contribution in [2.45, 2.75) is 25.3 Å². The molecule has 2 aliphatic rings. The van der Waals surface area contributed by atoms with Gasteiger partial charge in [-0.25, -0.2) is 0 Å². The average molecular weight is 316 g/mol. The Morgan fingerprint density at radius 3 is 2.87 bits per heavy atom. The van der Waals surface area contributed by atoms with Gasteiger partial charge in [0.05, 0.1) is 11.5 Å². The van der Waals surface area contributed by atoms with Crippen LogP contribution in [0, 0.1) is 16.0 Å². The highest BCUT2D eigenvalue weighted by atomic mass is 16.6. The molecule has 1 aromatic rings. The van der Waals surface area contributed by atoms with E-state index in [2.05, 4.69) is 0 Å². The number of nitro benzene ring substituents is 1. The number of amides is 1. The zero-order valence-corrected chi connectivity index (χ0v) is 12.9. The molecular formula is C17H20N2O4. The number of hydrogen-bond donors (Lipinski definition) is 0. The first kappa shape index (κ1) is 15.7. The second kappa shape index (κ2) is 6.91. The number of hydrogen-bond acceptors (Lipinski definition) is 4. The summed E-state index contributed by atoms with van der Waals surface area (Å²) in [4.78, 5) is 24.7. The Kier molecular flexibility index (Phi) is 4.71. The molecule has 0 N–H and O–H groups in total. The van der Waals surface area contributed by atoms with Crippen molar-refractivity contribution in [2.24, 2.45) is 5.92 Å². The van der Waals surface area contributed by atoms with Crippen molar-refractivity contribution in [2.75, 3.05) is 19.8 Å². The van der Waals surface area contributed by atoms with E-state index < -0.39 is 4.92 Å². The van der Waals surface area contributed by atoms with Crippen LogP contribution in [0.3, 0.4) is 0 Å². The summed E-state index contributed by atoms with van der Waals surface area (Å²) in [6, 6.07) is 6.63. The topological polar surface area (TPSA) is 72.7 Å². The van der Waals surface area contributed by atoms with E-state index in [1.54, 1.807) is 18.2 Å². The van der Waals surface area contributed by atoms with Crippen molar-refractivity contribution in [1.29, 1.82) is 0 Å². The summed E-state index contributed by atoms with van der Waals surface area (Å²) in [6.45, 7) is 2.24. The molecule has 0 unspecified atom stereocenters. The molecule has 0 aromatic heterocycles. The van der Waals surface area contributed by atoms with Crippen LogP contribution in [-0.2, 0) is 9.53 Å². The van der Waals surface area contributed by atoms with E-state index >= 15 is 0 Å². The number of non-ortho nitro benzene ring substituents is 1. The minimum atomic E-state index is -0.435. The maximum Gasteiger partial charge on any atom is 0.270 e. The lowest BCUT2D eigenvalue weighted by Crippen LogP contribution is -2.36. The van der Waals surface area contributed by atoms with E-state index in [0.29, 0.717) is 17.5 Å². The van der Waals surface area contributed by atoms with E-state index in [-0.39, 0.29) is 11.6 Å². The van der Waals surface area contributed by atoms with Gasteiger partial charge in [0.1, 0.15) is 0 Å². The maximum atomic E-state index is 12.5. The Morgan fingerprint density at radius 2 is 2.22 bits per heavy atom. The summed E-state index contributed by atoms with van der Waals surface area (Å²) >= 11 is 0. The van der Waals surface area contributed by atoms with Gasteiger partial charge in [-0.1, -0.05) is 12.1 Å². The van der Waals surface area contributed by atoms with Crippen molar-refractivity contribution in [3.8, 4) is 0 Å². The second-order valence-corrected chi connectivity index (χ2v) is 6.14. The van der Waals surface area contributed by atoms with Crippen molar-refractivity contribution in [1.82, 2.24) is 4.90 Å². The highest BCUT2D eigenvalue weighted by Crippen LogP contribution is 2.29. The molecule has 1 amide bonds. The predicted molar refractivity (Wildman–Crippen MR) is 85.8 cm³/mol. The van der Waals surface area contributed by atoms with Crippen LogP contribution >= 0.6 is 0 Å². The largest absolute Gasteiger partial charge is 0.381 e. The Labute approximate surface area is 134 Å². The SMILES string of the molecule is O=C(/C=C\c1cccc([N+](=O)[O-])c1)N(C[C@@H]1CCOC1)C1CC1. The first-order valence-corrected chi connectivity index (χ1v) is 7.94. The number of ether oxygens (including phenoxy) is 1. The Bertz CT molecular complexity index is 619. The van der Waals surface area contributed by atoms with Gasteiger partial charge in [0.25, 0.3) is 5.69 Å². The monoisotopic (exact) mass is 316 g/mol. The van der Waals surface area contributed by atoms with Gasteiger partial charge >= 0.3 is 0 Å². The van der Waals surface area contributed by atoms with E-state index in [9.17, 15) is 14.9 Å². The number of rotatable bonds is 6. The minimum absolute atomic E-state index is 0.0223. The smallest absolute Gasteiger partial charge is 0.270 e. The summed E-state index contributed by atoms with van der Waals surface area (Å²) in [6.07, 6.45) is 6.29. The molecular weight excluding hydrogens is 296 g/mol. The van der Waals surface area contributed by atoms with Crippen LogP contribution in [0.25, 0.3) is 6.08 Å². The van der Waals surface area contributed by atoms with Crippen LogP contribution in [0.1, 0.15) is 24.8 Å². The first-order valence-electron chi connectivity index (χ1n) is 7.94. The Balaban J connectivity index is 1.65. The third kappa shape index (κ3) is 4.16. The van der Waals surface area contributed by atoms with Gasteiger partial charge in [-0.2, -0.15) is 0 Å². The molecule has 1 heterocycles. The molecule has 23 heavy (non-hydrogen) atoms. The van der Waals surface area contributed by atoms with Crippen LogP contribution in [0.2, 0.25) is 0 Å². The third-order valence-electron chi connectivity index (χ3n) is 4.25. The summed E-state index contributed by atoms with van der Waals surface area (Å²) in [5.41, 5.74) is 0.689. The van der Waals surface area contributed by atoms with E-state index in [0.717, 1.165) is 39.0 Å². The van der Waals surface area contributed by atoms with Crippen LogP contribution in [-0.4, -0.2) is 41.5 Å². The maximum absolute atomic E-state index is 12.5. The average Bonchev–Trinajstić information content (AvgIpc) is 3.26. The van der Waals surface area contributed by atoms with Crippen LogP contribution in [0.15, 0.2) is 30.3 Å². The fraction of sp³-hybridized carbons (Fsp3) is 0.471. The zero-order valence-electron chi connectivity index (χ0n) is 12.9. The summed E-state index contributed by atoms with van der Waals surface area (Å²) < 4.78 is 5.38. The van der Waals surface area contributed by atoms with Crippen LogP contribution < -0.4 is 0 Å². The number of nitro groups is 1. The molecule has 122 valence electrons. The second-order valence-electron chi connectivity index (χ2n) is 6.14. The number of benzene rings is 1. The van der Waals surface area contributed by atoms with Crippen molar-refractivity contribution in [3.05, 3.63) is 46.0 Å². The molecule has 6 nitrogen and oxygen atoms in total. The molecule has 6 heteroatoms. The number of nitrogens with zero attached hydrogens (tertiary/aromatic N) is 2. The summed E-state index contributed by atoms with van der Waals surface area (Å²) in [7, 11) is 0. The summed E-state index contributed by atoms with van der Waals surface area (Å²) in [5, 5.41) is 10.8. The van der Waals surface area contributed by atoms with Gasteiger partial charge < -0.3 is 9.64 Å². The molecule has 1 aliphatic carbocycles. The van der Waals surface area contributed by atoms with Crippen molar-refractivity contribution in [3.63, 3.8) is 0 Å². The van der Waals surface area contributed by atoms with Gasteiger partial charge in [-0.15, -0.1) is 0 Å². The molecule has 1 saturated heterocycles. The molecule has 1 atom stereocenters. The van der Waals surface area contributed by atoms with Gasteiger partial charge in [0, 0.05) is 43.3 Å². The van der Waals surface area contributed by atoms with E-state index in [4.69, 9.17) is 4.74 Å². The third-order valence-corrected chi connectivity index (χ3v) is 4.25. The lowest BCUT2D eigenvalue weighted by Gasteiger charge is -2.23. The zero-order chi connectivity index (χ0) is 16.2. The van der Waals surface area contributed by atoms with Gasteiger partial charge in [-0.05, 0) is 30.9 Å². The summed E-state index contributed by atoms with van der Waals surface area (Å²) in [5.74, 6) is 0.400. The van der Waals surface area contributed by atoms with Gasteiger partial charge in [0.2, 0.25) is 5.91 Å². The molecule has 3 rings (SSSR count). The highest BCUT2D eigenvalue weighted by molar-refractivity contribution is 5.92. The lowest BCUT2D eigenvalue weighted by atomic mass is 10.1. The molecule has 0 spiro atoms. The molecule has 1 aromatic carbocycles. The molecule has 0 bridgehead atoms.